The minimum absolute atomic E-state index is 0.0156. The summed E-state index contributed by atoms with van der Waals surface area (Å²) in [7, 11) is 0. The molecular formula is C11H14ClNO3. The molecule has 0 aliphatic rings. The highest BCUT2D eigenvalue weighted by molar-refractivity contribution is 6.32. The van der Waals surface area contributed by atoms with E-state index in [1.165, 1.54) is 0 Å². The van der Waals surface area contributed by atoms with Gasteiger partial charge in [-0.05, 0) is 13.0 Å². The molecule has 0 unspecified atom stereocenters. The van der Waals surface area contributed by atoms with E-state index in [0.717, 1.165) is 0 Å². The van der Waals surface area contributed by atoms with Gasteiger partial charge in [0.25, 0.3) is 0 Å². The second kappa shape index (κ2) is 5.72. The van der Waals surface area contributed by atoms with Gasteiger partial charge in [-0.3, -0.25) is 4.79 Å². The number of esters is 1. The Morgan fingerprint density at radius 3 is 2.94 bits per heavy atom. The van der Waals surface area contributed by atoms with Crippen molar-refractivity contribution in [3.05, 3.63) is 28.8 Å². The first-order valence-electron chi connectivity index (χ1n) is 4.94. The molecule has 1 rings (SSSR count). The van der Waals surface area contributed by atoms with Crippen LogP contribution >= 0.6 is 11.6 Å². The van der Waals surface area contributed by atoms with Gasteiger partial charge in [-0.2, -0.15) is 0 Å². The highest BCUT2D eigenvalue weighted by atomic mass is 35.5. The first-order chi connectivity index (χ1) is 7.56. The molecule has 0 heterocycles. The molecule has 0 bridgehead atoms. The summed E-state index contributed by atoms with van der Waals surface area (Å²) in [6.45, 7) is 2.04. The first-order valence-corrected chi connectivity index (χ1v) is 5.32. The first kappa shape index (κ1) is 12.8. The van der Waals surface area contributed by atoms with Gasteiger partial charge in [0, 0.05) is 11.6 Å². The predicted octanol–water partition coefficient (Wildman–Crippen LogP) is 2.00. The summed E-state index contributed by atoms with van der Waals surface area (Å²) >= 11 is 5.73. The monoisotopic (exact) mass is 243 g/mol. The van der Waals surface area contributed by atoms with Gasteiger partial charge in [-0.25, -0.2) is 0 Å². The molecule has 0 spiro atoms. The van der Waals surface area contributed by atoms with Gasteiger partial charge in [0.1, 0.15) is 5.75 Å². The molecule has 0 aliphatic heterocycles. The van der Waals surface area contributed by atoms with Crippen molar-refractivity contribution in [2.75, 3.05) is 6.61 Å². The van der Waals surface area contributed by atoms with Crippen molar-refractivity contribution in [2.45, 2.75) is 19.4 Å². The van der Waals surface area contributed by atoms with Crippen LogP contribution in [-0.2, 0) is 9.53 Å². The minimum Gasteiger partial charge on any atom is -0.506 e. The van der Waals surface area contributed by atoms with Crippen LogP contribution in [0.15, 0.2) is 18.2 Å². The van der Waals surface area contributed by atoms with Crippen molar-refractivity contribution in [3.63, 3.8) is 0 Å². The van der Waals surface area contributed by atoms with E-state index < -0.39 is 12.0 Å². The number of rotatable bonds is 4. The second-order valence-corrected chi connectivity index (χ2v) is 3.70. The van der Waals surface area contributed by atoms with E-state index in [2.05, 4.69) is 0 Å². The minimum atomic E-state index is -0.613. The molecule has 0 radical (unpaired) electrons. The van der Waals surface area contributed by atoms with Crippen molar-refractivity contribution < 1.29 is 14.6 Å². The van der Waals surface area contributed by atoms with E-state index in [-0.39, 0.29) is 17.2 Å². The summed E-state index contributed by atoms with van der Waals surface area (Å²) in [6.07, 6.45) is 0.0156. The van der Waals surface area contributed by atoms with Crippen molar-refractivity contribution in [2.24, 2.45) is 5.73 Å². The number of halogens is 1. The average Bonchev–Trinajstić information content (AvgIpc) is 2.22. The molecule has 0 saturated heterocycles. The summed E-state index contributed by atoms with van der Waals surface area (Å²) in [4.78, 5) is 11.2. The van der Waals surface area contributed by atoms with E-state index in [1.807, 2.05) is 0 Å². The molecular weight excluding hydrogens is 230 g/mol. The zero-order chi connectivity index (χ0) is 12.1. The Hall–Kier alpha value is -1.26. The quantitative estimate of drug-likeness (QED) is 0.794. The lowest BCUT2D eigenvalue weighted by Crippen LogP contribution is -2.17. The molecule has 4 nitrogen and oxygen atoms in total. The van der Waals surface area contributed by atoms with E-state index in [9.17, 15) is 9.90 Å². The standard InChI is InChI=1S/C11H14ClNO3/c1-2-16-10(14)6-9(13)7-4-3-5-8(12)11(7)15/h3-5,9,15H,2,6,13H2,1H3/t9-/m0/s1. The maximum absolute atomic E-state index is 11.2. The summed E-state index contributed by atoms with van der Waals surface area (Å²) in [5, 5.41) is 9.87. The van der Waals surface area contributed by atoms with E-state index in [1.54, 1.807) is 25.1 Å². The number of carbonyl (C=O) groups is 1. The fraction of sp³-hybridized carbons (Fsp3) is 0.364. The average molecular weight is 244 g/mol. The molecule has 1 aromatic carbocycles. The maximum Gasteiger partial charge on any atom is 0.307 e. The van der Waals surface area contributed by atoms with E-state index in [4.69, 9.17) is 22.1 Å². The second-order valence-electron chi connectivity index (χ2n) is 3.29. The highest BCUT2D eigenvalue weighted by Crippen LogP contribution is 2.31. The van der Waals surface area contributed by atoms with Crippen LogP contribution in [0.2, 0.25) is 5.02 Å². The van der Waals surface area contributed by atoms with Crippen LogP contribution < -0.4 is 5.73 Å². The number of carbonyl (C=O) groups excluding carboxylic acids is 1. The van der Waals surface area contributed by atoms with Gasteiger partial charge in [0.2, 0.25) is 0 Å². The SMILES string of the molecule is CCOC(=O)C[C@H](N)c1cccc(Cl)c1O. The fourth-order valence-electron chi connectivity index (χ4n) is 1.34. The molecule has 0 fully saturated rings. The molecule has 1 atom stereocenters. The lowest BCUT2D eigenvalue weighted by molar-refractivity contribution is -0.143. The summed E-state index contributed by atoms with van der Waals surface area (Å²) in [5.41, 5.74) is 6.22. The van der Waals surface area contributed by atoms with Gasteiger partial charge in [-0.1, -0.05) is 23.7 Å². The fourth-order valence-corrected chi connectivity index (χ4v) is 1.52. The molecule has 0 aromatic heterocycles. The number of para-hydroxylation sites is 1. The Morgan fingerprint density at radius 2 is 2.31 bits per heavy atom. The molecule has 88 valence electrons. The molecule has 0 aliphatic carbocycles. The molecule has 1 aromatic rings. The zero-order valence-electron chi connectivity index (χ0n) is 8.94. The third kappa shape index (κ3) is 3.12. The largest absolute Gasteiger partial charge is 0.506 e. The number of nitrogens with two attached hydrogens (primary N) is 1. The van der Waals surface area contributed by atoms with Crippen molar-refractivity contribution in [1.82, 2.24) is 0 Å². The van der Waals surface area contributed by atoms with Crippen LogP contribution in [0.25, 0.3) is 0 Å². The lowest BCUT2D eigenvalue weighted by atomic mass is 10.0. The molecule has 5 heteroatoms. The van der Waals surface area contributed by atoms with Crippen molar-refractivity contribution in [3.8, 4) is 5.75 Å². The molecule has 0 amide bonds. The van der Waals surface area contributed by atoms with E-state index in [0.29, 0.717) is 12.2 Å². The zero-order valence-corrected chi connectivity index (χ0v) is 9.70. The van der Waals surface area contributed by atoms with Crippen LogP contribution in [-0.4, -0.2) is 17.7 Å². The van der Waals surface area contributed by atoms with E-state index >= 15 is 0 Å². The maximum atomic E-state index is 11.2. The highest BCUT2D eigenvalue weighted by Gasteiger charge is 2.16. The topological polar surface area (TPSA) is 72.5 Å². The number of benzene rings is 1. The van der Waals surface area contributed by atoms with Crippen LogP contribution in [0.3, 0.4) is 0 Å². The number of phenolic OH excluding ortho intramolecular Hbond substituents is 1. The van der Waals surface area contributed by atoms with Gasteiger partial charge in [0.15, 0.2) is 0 Å². The molecule has 16 heavy (non-hydrogen) atoms. The smallest absolute Gasteiger partial charge is 0.307 e. The molecule has 3 N–H and O–H groups in total. The normalized spacial score (nSPS) is 12.2. The van der Waals surface area contributed by atoms with Crippen LogP contribution in [0.5, 0.6) is 5.75 Å². The Bertz CT molecular complexity index is 381. The number of hydrogen-bond acceptors (Lipinski definition) is 4. The van der Waals surface area contributed by atoms with Gasteiger partial charge in [-0.15, -0.1) is 0 Å². The summed E-state index contributed by atoms with van der Waals surface area (Å²) in [5.74, 6) is -0.477. The predicted molar refractivity (Wildman–Crippen MR) is 61.3 cm³/mol. The molecule has 0 saturated carbocycles. The van der Waals surface area contributed by atoms with Crippen LogP contribution in [0, 0.1) is 0 Å². The lowest BCUT2D eigenvalue weighted by Gasteiger charge is -2.13. The van der Waals surface area contributed by atoms with Gasteiger partial charge in [0.05, 0.1) is 18.1 Å². The summed E-state index contributed by atoms with van der Waals surface area (Å²) in [6, 6.07) is 4.24. The number of hydrogen-bond donors (Lipinski definition) is 2. The van der Waals surface area contributed by atoms with Crippen LogP contribution in [0.4, 0.5) is 0 Å². The number of phenols is 1. The third-order valence-electron chi connectivity index (χ3n) is 2.11. The Labute approximate surface area is 99.0 Å². The summed E-state index contributed by atoms with van der Waals surface area (Å²) < 4.78 is 4.77. The van der Waals surface area contributed by atoms with Crippen molar-refractivity contribution in [1.29, 1.82) is 0 Å². The van der Waals surface area contributed by atoms with Gasteiger partial charge >= 0.3 is 5.97 Å². The van der Waals surface area contributed by atoms with Gasteiger partial charge < -0.3 is 15.6 Å². The number of aromatic hydroxyl groups is 1. The third-order valence-corrected chi connectivity index (χ3v) is 2.41. The number of ether oxygens (including phenoxy) is 1. The van der Waals surface area contributed by atoms with Crippen LogP contribution in [0.1, 0.15) is 24.9 Å². The Morgan fingerprint density at radius 1 is 1.62 bits per heavy atom. The Kier molecular flexibility index (Phi) is 4.58. The van der Waals surface area contributed by atoms with Crippen molar-refractivity contribution >= 4 is 17.6 Å². The Balaban J connectivity index is 2.76.